The Hall–Kier alpha value is -0.980. The minimum atomic E-state index is 0.182. The lowest BCUT2D eigenvalue weighted by Crippen LogP contribution is -1.98. The van der Waals surface area contributed by atoms with E-state index in [2.05, 4.69) is 21.2 Å². The van der Waals surface area contributed by atoms with E-state index in [0.717, 1.165) is 0 Å². The van der Waals surface area contributed by atoms with Crippen LogP contribution < -0.4 is 5.32 Å². The van der Waals surface area contributed by atoms with Gasteiger partial charge in [0.1, 0.15) is 0 Å². The number of hydrogen-bond donors (Lipinski definition) is 1. The van der Waals surface area contributed by atoms with Crippen molar-refractivity contribution in [3.8, 4) is 12.3 Å². The predicted molar refractivity (Wildman–Crippen MR) is 49.5 cm³/mol. The molecule has 0 aliphatic heterocycles. The number of halogens is 2. The fourth-order valence-electron chi connectivity index (χ4n) is 0.639. The molecule has 0 radical (unpaired) electrons. The van der Waals surface area contributed by atoms with Gasteiger partial charge in [-0.1, -0.05) is 29.1 Å². The minimum Gasteiger partial charge on any atom is -0.357 e. The van der Waals surface area contributed by atoms with Crippen LogP contribution in [-0.4, -0.2) is 17.0 Å². The molecule has 0 fully saturated rings. The molecular weight excluding hydrogens is 197 g/mol. The van der Waals surface area contributed by atoms with Crippen LogP contribution in [0.1, 0.15) is 5.56 Å². The molecule has 0 saturated carbocycles. The highest BCUT2D eigenvalue weighted by Crippen LogP contribution is 2.21. The van der Waals surface area contributed by atoms with Crippen molar-refractivity contribution < 1.29 is 0 Å². The number of rotatable bonds is 1. The number of hydrogen-bond acceptors (Lipinski definition) is 3. The zero-order chi connectivity index (χ0) is 9.14. The lowest BCUT2D eigenvalue weighted by molar-refractivity contribution is 1.14. The van der Waals surface area contributed by atoms with Gasteiger partial charge >= 0.3 is 0 Å². The molecule has 3 nitrogen and oxygen atoms in total. The third-order valence-corrected chi connectivity index (χ3v) is 1.74. The van der Waals surface area contributed by atoms with Crippen molar-refractivity contribution in [2.75, 3.05) is 12.4 Å². The third-order valence-electron chi connectivity index (χ3n) is 1.19. The van der Waals surface area contributed by atoms with Crippen molar-refractivity contribution in [2.24, 2.45) is 0 Å². The SMILES string of the molecule is C#Cc1c(Cl)nc(NC)nc1Cl. The van der Waals surface area contributed by atoms with Crippen molar-refractivity contribution in [2.45, 2.75) is 0 Å². The maximum Gasteiger partial charge on any atom is 0.225 e. The molecule has 0 aliphatic carbocycles. The van der Waals surface area contributed by atoms with Gasteiger partial charge < -0.3 is 5.32 Å². The second-order valence-corrected chi connectivity index (χ2v) is 2.61. The van der Waals surface area contributed by atoms with Crippen LogP contribution in [0.15, 0.2) is 0 Å². The van der Waals surface area contributed by atoms with Gasteiger partial charge in [-0.15, -0.1) is 6.42 Å². The second-order valence-electron chi connectivity index (χ2n) is 1.90. The summed E-state index contributed by atoms with van der Waals surface area (Å²) in [7, 11) is 1.66. The first-order valence-corrected chi connectivity index (χ1v) is 3.82. The standard InChI is InChI=1S/C7H5Cl2N3/c1-3-4-5(8)11-7(10-2)12-6(4)9/h1H,2H3,(H,10,11,12). The summed E-state index contributed by atoms with van der Waals surface area (Å²) in [6.07, 6.45) is 5.12. The average Bonchev–Trinajstić information content (AvgIpc) is 2.03. The Labute approximate surface area is 80.1 Å². The lowest BCUT2D eigenvalue weighted by Gasteiger charge is -2.01. The van der Waals surface area contributed by atoms with Crippen LogP contribution >= 0.6 is 23.2 Å². The first kappa shape index (κ1) is 9.11. The number of nitrogens with one attached hydrogen (secondary N) is 1. The molecule has 1 heterocycles. The smallest absolute Gasteiger partial charge is 0.225 e. The van der Waals surface area contributed by atoms with Gasteiger partial charge in [-0.2, -0.15) is 9.97 Å². The topological polar surface area (TPSA) is 37.8 Å². The Morgan fingerprint density at radius 2 is 1.83 bits per heavy atom. The predicted octanol–water partition coefficient (Wildman–Crippen LogP) is 1.81. The molecule has 0 aromatic carbocycles. The van der Waals surface area contributed by atoms with Crippen LogP contribution in [0.2, 0.25) is 10.3 Å². The maximum absolute atomic E-state index is 5.70. The quantitative estimate of drug-likeness (QED) is 0.557. The van der Waals surface area contributed by atoms with Gasteiger partial charge in [-0.3, -0.25) is 0 Å². The number of aromatic nitrogens is 2. The van der Waals surface area contributed by atoms with Crippen LogP contribution in [-0.2, 0) is 0 Å². The highest BCUT2D eigenvalue weighted by molar-refractivity contribution is 6.35. The summed E-state index contributed by atoms with van der Waals surface area (Å²) in [5, 5.41) is 3.06. The van der Waals surface area contributed by atoms with Gasteiger partial charge in [0.25, 0.3) is 0 Å². The van der Waals surface area contributed by atoms with E-state index in [1.807, 2.05) is 0 Å². The van der Waals surface area contributed by atoms with Crippen LogP contribution in [0.4, 0.5) is 5.95 Å². The van der Waals surface area contributed by atoms with E-state index in [9.17, 15) is 0 Å². The molecule has 0 unspecified atom stereocenters. The first-order valence-electron chi connectivity index (χ1n) is 3.06. The van der Waals surface area contributed by atoms with Gasteiger partial charge in [0.05, 0.1) is 5.56 Å². The molecule has 12 heavy (non-hydrogen) atoms. The Kier molecular flexibility index (Phi) is 2.74. The zero-order valence-electron chi connectivity index (χ0n) is 6.23. The molecule has 1 aromatic rings. The Morgan fingerprint density at radius 3 is 2.17 bits per heavy atom. The Morgan fingerprint density at radius 1 is 1.33 bits per heavy atom. The highest BCUT2D eigenvalue weighted by Gasteiger charge is 2.07. The molecule has 0 bridgehead atoms. The molecule has 1 N–H and O–H groups in total. The minimum absolute atomic E-state index is 0.182. The van der Waals surface area contributed by atoms with Crippen molar-refractivity contribution in [3.05, 3.63) is 15.9 Å². The summed E-state index contributed by atoms with van der Waals surface area (Å²) >= 11 is 11.4. The van der Waals surface area contributed by atoms with E-state index >= 15 is 0 Å². The largest absolute Gasteiger partial charge is 0.357 e. The lowest BCUT2D eigenvalue weighted by atomic mass is 10.4. The summed E-state index contributed by atoms with van der Waals surface area (Å²) in [6.45, 7) is 0. The van der Waals surface area contributed by atoms with Crippen LogP contribution in [0.3, 0.4) is 0 Å². The van der Waals surface area contributed by atoms with E-state index in [1.165, 1.54) is 0 Å². The molecule has 1 aromatic heterocycles. The molecular formula is C7H5Cl2N3. The Bertz CT molecular complexity index is 320. The third kappa shape index (κ3) is 1.60. The second kappa shape index (κ2) is 3.61. The van der Waals surface area contributed by atoms with E-state index in [-0.39, 0.29) is 10.3 Å². The zero-order valence-corrected chi connectivity index (χ0v) is 7.74. The fourth-order valence-corrected chi connectivity index (χ4v) is 1.14. The van der Waals surface area contributed by atoms with Crippen LogP contribution in [0.5, 0.6) is 0 Å². The summed E-state index contributed by atoms with van der Waals surface area (Å²) in [5.41, 5.74) is 0.317. The van der Waals surface area contributed by atoms with Crippen LogP contribution in [0, 0.1) is 12.3 Å². The molecule has 1 rings (SSSR count). The summed E-state index contributed by atoms with van der Waals surface area (Å²) in [4.78, 5) is 7.68. The molecule has 0 saturated heterocycles. The van der Waals surface area contributed by atoms with Gasteiger partial charge in [0.15, 0.2) is 10.3 Å². The molecule has 5 heteroatoms. The van der Waals surface area contributed by atoms with Gasteiger partial charge in [0.2, 0.25) is 5.95 Å². The van der Waals surface area contributed by atoms with Gasteiger partial charge in [-0.25, -0.2) is 0 Å². The fraction of sp³-hybridized carbons (Fsp3) is 0.143. The molecule has 0 amide bonds. The Balaban J connectivity index is 3.30. The van der Waals surface area contributed by atoms with E-state index in [4.69, 9.17) is 29.6 Å². The van der Waals surface area contributed by atoms with Crippen molar-refractivity contribution >= 4 is 29.2 Å². The highest BCUT2D eigenvalue weighted by atomic mass is 35.5. The van der Waals surface area contributed by atoms with E-state index < -0.39 is 0 Å². The first-order chi connectivity index (χ1) is 5.69. The number of nitrogens with zero attached hydrogens (tertiary/aromatic N) is 2. The molecule has 0 aliphatic rings. The monoisotopic (exact) mass is 201 g/mol. The van der Waals surface area contributed by atoms with Gasteiger partial charge in [-0.05, 0) is 0 Å². The molecule has 0 atom stereocenters. The normalized spacial score (nSPS) is 9.17. The number of terminal acetylenes is 1. The molecule has 62 valence electrons. The van der Waals surface area contributed by atoms with Crippen molar-refractivity contribution in [1.29, 1.82) is 0 Å². The van der Waals surface area contributed by atoms with E-state index in [0.29, 0.717) is 11.5 Å². The van der Waals surface area contributed by atoms with Gasteiger partial charge in [0, 0.05) is 7.05 Å². The summed E-state index contributed by atoms with van der Waals surface area (Å²) in [6, 6.07) is 0. The summed E-state index contributed by atoms with van der Waals surface area (Å²) in [5.74, 6) is 2.65. The number of anilines is 1. The van der Waals surface area contributed by atoms with Crippen molar-refractivity contribution in [1.82, 2.24) is 9.97 Å². The van der Waals surface area contributed by atoms with Crippen LogP contribution in [0.25, 0.3) is 0 Å². The average molecular weight is 202 g/mol. The van der Waals surface area contributed by atoms with Crippen molar-refractivity contribution in [3.63, 3.8) is 0 Å². The summed E-state index contributed by atoms with van der Waals surface area (Å²) < 4.78 is 0. The maximum atomic E-state index is 5.70. The molecule has 0 spiro atoms. The van der Waals surface area contributed by atoms with E-state index in [1.54, 1.807) is 7.05 Å².